The summed E-state index contributed by atoms with van der Waals surface area (Å²) in [5, 5.41) is 21.8. The Hall–Kier alpha value is -1.57. The van der Waals surface area contributed by atoms with E-state index in [1.807, 2.05) is 52.0 Å². The summed E-state index contributed by atoms with van der Waals surface area (Å²) in [4.78, 5) is 11.2. The minimum Gasteiger partial charge on any atom is -0.465 e. The van der Waals surface area contributed by atoms with Gasteiger partial charge in [-0.1, -0.05) is 24.3 Å². The Morgan fingerprint density at radius 1 is 1.04 bits per heavy atom. The van der Waals surface area contributed by atoms with Crippen LogP contribution >= 0.6 is 0 Å². The van der Waals surface area contributed by atoms with Crippen molar-refractivity contribution in [2.75, 3.05) is 0 Å². The molecule has 1 saturated carbocycles. The molecule has 25 heavy (non-hydrogen) atoms. The van der Waals surface area contributed by atoms with Crippen molar-refractivity contribution in [3.05, 3.63) is 29.8 Å². The predicted molar refractivity (Wildman–Crippen MR) is 94.9 cm³/mol. The summed E-state index contributed by atoms with van der Waals surface area (Å²) >= 11 is 0. The van der Waals surface area contributed by atoms with Crippen LogP contribution in [-0.4, -0.2) is 40.2 Å². The van der Waals surface area contributed by atoms with Crippen molar-refractivity contribution in [1.29, 1.82) is 0 Å². The molecular weight excluding hydrogens is 321 g/mol. The molecule has 1 saturated heterocycles. The Kier molecular flexibility index (Phi) is 3.98. The maximum atomic E-state index is 11.2. The molecule has 136 valence electrons. The second kappa shape index (κ2) is 5.46. The zero-order valence-electron chi connectivity index (χ0n) is 15.4. The molecule has 3 rings (SSSR count). The minimum atomic E-state index is -1.09. The molecule has 1 aliphatic carbocycles. The highest BCUT2D eigenvalue weighted by Crippen LogP contribution is 2.48. The van der Waals surface area contributed by atoms with Gasteiger partial charge in [0.1, 0.15) is 0 Å². The molecule has 0 unspecified atom stereocenters. The summed E-state index contributed by atoms with van der Waals surface area (Å²) in [5.41, 5.74) is -0.693. The van der Waals surface area contributed by atoms with Gasteiger partial charge >= 0.3 is 13.2 Å². The van der Waals surface area contributed by atoms with Gasteiger partial charge in [-0.2, -0.15) is 0 Å². The molecular formula is C18H26BNO5. The third-order valence-electron chi connectivity index (χ3n) is 5.70. The Morgan fingerprint density at radius 3 is 1.92 bits per heavy atom. The van der Waals surface area contributed by atoms with Gasteiger partial charge in [0.25, 0.3) is 0 Å². The van der Waals surface area contributed by atoms with Crippen LogP contribution in [0, 0.1) is 0 Å². The molecule has 1 aliphatic heterocycles. The second-order valence-corrected chi connectivity index (χ2v) is 8.57. The van der Waals surface area contributed by atoms with Crippen molar-refractivity contribution < 1.29 is 24.3 Å². The van der Waals surface area contributed by atoms with Gasteiger partial charge in [0.15, 0.2) is 0 Å². The van der Waals surface area contributed by atoms with E-state index in [1.165, 1.54) is 0 Å². The number of carboxylic acid groups (broad SMARTS) is 1. The summed E-state index contributed by atoms with van der Waals surface area (Å²) in [7, 11) is -0.452. The number of aliphatic hydroxyl groups is 1. The number of rotatable bonds is 3. The smallest absolute Gasteiger partial charge is 0.465 e. The molecule has 1 amide bonds. The van der Waals surface area contributed by atoms with Gasteiger partial charge in [-0.25, -0.2) is 4.79 Å². The summed E-state index contributed by atoms with van der Waals surface area (Å²) in [5.74, 6) is 0. The molecule has 2 fully saturated rings. The number of amides is 1. The molecule has 2 aliphatic rings. The van der Waals surface area contributed by atoms with Gasteiger partial charge in [-0.3, -0.25) is 0 Å². The first-order valence-electron chi connectivity index (χ1n) is 8.56. The van der Waals surface area contributed by atoms with Crippen LogP contribution in [0.15, 0.2) is 24.3 Å². The number of hydrogen-bond acceptors (Lipinski definition) is 4. The second-order valence-electron chi connectivity index (χ2n) is 8.57. The fraction of sp³-hybridized carbons (Fsp3) is 0.611. The minimum absolute atomic E-state index is 0.349. The number of hydrogen-bond donors (Lipinski definition) is 3. The molecule has 1 aromatic rings. The Morgan fingerprint density at radius 2 is 1.52 bits per heavy atom. The van der Waals surface area contributed by atoms with Crippen molar-refractivity contribution in [1.82, 2.24) is 5.32 Å². The fourth-order valence-electron chi connectivity index (χ4n) is 3.76. The summed E-state index contributed by atoms with van der Waals surface area (Å²) in [6, 6.07) is 7.56. The lowest BCUT2D eigenvalue weighted by Gasteiger charge is -2.51. The van der Waals surface area contributed by atoms with Gasteiger partial charge < -0.3 is 24.8 Å². The van der Waals surface area contributed by atoms with E-state index in [9.17, 15) is 9.90 Å². The summed E-state index contributed by atoms with van der Waals surface area (Å²) < 4.78 is 12.1. The van der Waals surface area contributed by atoms with Crippen molar-refractivity contribution >= 4 is 18.7 Å². The molecule has 0 atom stereocenters. The maximum Gasteiger partial charge on any atom is 0.494 e. The van der Waals surface area contributed by atoms with Crippen molar-refractivity contribution in [3.63, 3.8) is 0 Å². The SMILES string of the molecule is CC1(C)OB(c2ccc([C@]3(NC(=O)O)C[C@@](C)(O)C3)cc2)OC1(C)C. The monoisotopic (exact) mass is 347 g/mol. The Labute approximate surface area is 148 Å². The zero-order chi connectivity index (χ0) is 18.7. The highest BCUT2D eigenvalue weighted by Gasteiger charge is 2.54. The van der Waals surface area contributed by atoms with Crippen LogP contribution in [0.3, 0.4) is 0 Å². The Bertz CT molecular complexity index is 659. The van der Waals surface area contributed by atoms with E-state index in [0.29, 0.717) is 12.8 Å². The molecule has 3 N–H and O–H groups in total. The first-order chi connectivity index (χ1) is 11.4. The van der Waals surface area contributed by atoms with Crippen LogP contribution in [-0.2, 0) is 14.8 Å². The molecule has 6 nitrogen and oxygen atoms in total. The van der Waals surface area contributed by atoms with E-state index in [0.717, 1.165) is 11.0 Å². The summed E-state index contributed by atoms with van der Waals surface area (Å²) in [6.45, 7) is 9.73. The number of nitrogens with one attached hydrogen (secondary N) is 1. The molecule has 7 heteroatoms. The van der Waals surface area contributed by atoms with E-state index in [1.54, 1.807) is 6.92 Å². The molecule has 0 spiro atoms. The van der Waals surface area contributed by atoms with Gasteiger partial charge in [0.2, 0.25) is 0 Å². The first-order valence-corrected chi connectivity index (χ1v) is 8.56. The molecule has 1 heterocycles. The topological polar surface area (TPSA) is 88.0 Å². The van der Waals surface area contributed by atoms with Crippen molar-refractivity contribution in [3.8, 4) is 0 Å². The lowest BCUT2D eigenvalue weighted by atomic mass is 9.62. The molecule has 1 aromatic carbocycles. The van der Waals surface area contributed by atoms with Crippen LogP contribution in [0.1, 0.15) is 53.0 Å². The van der Waals surface area contributed by atoms with Crippen LogP contribution < -0.4 is 10.8 Å². The van der Waals surface area contributed by atoms with Gasteiger partial charge in [0, 0.05) is 12.8 Å². The highest BCUT2D eigenvalue weighted by molar-refractivity contribution is 6.62. The maximum absolute atomic E-state index is 11.2. The predicted octanol–water partition coefficient (Wildman–Crippen LogP) is 1.99. The Balaban J connectivity index is 1.82. The van der Waals surface area contributed by atoms with Crippen molar-refractivity contribution in [2.45, 2.75) is 69.8 Å². The lowest BCUT2D eigenvalue weighted by Crippen LogP contribution is -2.61. The van der Waals surface area contributed by atoms with Gasteiger partial charge in [-0.05, 0) is 45.6 Å². The molecule has 0 bridgehead atoms. The summed E-state index contributed by atoms with van der Waals surface area (Å²) in [6.07, 6.45) is -0.393. The highest BCUT2D eigenvalue weighted by atomic mass is 16.7. The van der Waals surface area contributed by atoms with E-state index in [2.05, 4.69) is 5.32 Å². The number of carbonyl (C=O) groups is 1. The van der Waals surface area contributed by atoms with E-state index >= 15 is 0 Å². The third-order valence-corrected chi connectivity index (χ3v) is 5.70. The van der Waals surface area contributed by atoms with E-state index in [-0.39, 0.29) is 0 Å². The van der Waals surface area contributed by atoms with Gasteiger partial charge in [-0.15, -0.1) is 0 Å². The zero-order valence-corrected chi connectivity index (χ0v) is 15.4. The normalized spacial score (nSPS) is 33.0. The van der Waals surface area contributed by atoms with Crippen LogP contribution in [0.4, 0.5) is 4.79 Å². The lowest BCUT2D eigenvalue weighted by molar-refractivity contribution is -0.0858. The van der Waals surface area contributed by atoms with Crippen LogP contribution in [0.5, 0.6) is 0 Å². The molecule has 0 radical (unpaired) electrons. The average Bonchev–Trinajstić information content (AvgIpc) is 2.64. The quantitative estimate of drug-likeness (QED) is 0.728. The third kappa shape index (κ3) is 3.16. The van der Waals surface area contributed by atoms with Crippen LogP contribution in [0.2, 0.25) is 0 Å². The standard InChI is InChI=1S/C18H26BNO5/c1-15(2)16(3,4)25-19(24-15)13-8-6-12(7-9-13)18(20-14(21)22)10-17(5,23)11-18/h6-9,20,23H,10-11H2,1-5H3,(H,21,22)/t17-,18+. The van der Waals surface area contributed by atoms with E-state index < -0.39 is 35.6 Å². The van der Waals surface area contributed by atoms with E-state index in [4.69, 9.17) is 14.4 Å². The number of benzene rings is 1. The average molecular weight is 347 g/mol. The molecule has 0 aromatic heterocycles. The first kappa shape index (κ1) is 18.2. The largest absolute Gasteiger partial charge is 0.494 e. The van der Waals surface area contributed by atoms with Crippen molar-refractivity contribution in [2.24, 2.45) is 0 Å². The fourth-order valence-corrected chi connectivity index (χ4v) is 3.76. The van der Waals surface area contributed by atoms with Gasteiger partial charge in [0.05, 0.1) is 22.3 Å². The van der Waals surface area contributed by atoms with Crippen LogP contribution in [0.25, 0.3) is 0 Å².